The number of hydrogen-bond donors (Lipinski definition) is 1. The zero-order valence-electron chi connectivity index (χ0n) is 12.9. The molecule has 1 aliphatic rings. The first-order valence-electron chi connectivity index (χ1n) is 7.64. The lowest BCUT2D eigenvalue weighted by atomic mass is 10.1. The Labute approximate surface area is 140 Å². The second-order valence-electron chi connectivity index (χ2n) is 5.63. The summed E-state index contributed by atoms with van der Waals surface area (Å²) in [4.78, 5) is 0. The molecule has 0 spiro atoms. The number of rotatable bonds is 6. The molecule has 0 unspecified atom stereocenters. The summed E-state index contributed by atoms with van der Waals surface area (Å²) in [5.74, 6) is 1.27. The monoisotopic (exact) mass is 335 g/mol. The van der Waals surface area contributed by atoms with Crippen molar-refractivity contribution < 1.29 is 13.9 Å². The summed E-state index contributed by atoms with van der Waals surface area (Å²) in [6.45, 7) is 3.09. The highest BCUT2D eigenvalue weighted by atomic mass is 35.5. The molecule has 0 amide bonds. The Hall–Kier alpha value is -1.78. The van der Waals surface area contributed by atoms with Gasteiger partial charge in [-0.3, -0.25) is 0 Å². The second kappa shape index (κ2) is 7.20. The summed E-state index contributed by atoms with van der Waals surface area (Å²) in [5.41, 5.74) is 1.57. The van der Waals surface area contributed by atoms with Gasteiger partial charge in [0, 0.05) is 24.2 Å². The number of ether oxygens (including phenoxy) is 2. The van der Waals surface area contributed by atoms with Gasteiger partial charge in [-0.05, 0) is 36.2 Å². The molecule has 3 rings (SSSR count). The molecule has 1 fully saturated rings. The Kier molecular flexibility index (Phi) is 5.03. The van der Waals surface area contributed by atoms with Crippen LogP contribution < -0.4 is 14.8 Å². The zero-order valence-corrected chi connectivity index (χ0v) is 13.6. The maximum Gasteiger partial charge on any atom is 0.163 e. The molecule has 3 nitrogen and oxygen atoms in total. The largest absolute Gasteiger partial charge is 0.484 e. The molecule has 1 atom stereocenters. The van der Waals surface area contributed by atoms with Crippen molar-refractivity contribution >= 4 is 11.6 Å². The van der Waals surface area contributed by atoms with Gasteiger partial charge in [0.25, 0.3) is 0 Å². The van der Waals surface area contributed by atoms with Crippen molar-refractivity contribution in [2.75, 3.05) is 13.1 Å². The summed E-state index contributed by atoms with van der Waals surface area (Å²) in [6, 6.07) is 12.7. The van der Waals surface area contributed by atoms with Crippen LogP contribution in [-0.2, 0) is 6.67 Å². The zero-order chi connectivity index (χ0) is 16.2. The van der Waals surface area contributed by atoms with Crippen molar-refractivity contribution in [1.29, 1.82) is 0 Å². The Morgan fingerprint density at radius 3 is 2.74 bits per heavy atom. The van der Waals surface area contributed by atoms with Gasteiger partial charge in [-0.1, -0.05) is 29.8 Å². The minimum absolute atomic E-state index is 0.140. The van der Waals surface area contributed by atoms with Crippen LogP contribution in [0.4, 0.5) is 4.39 Å². The van der Waals surface area contributed by atoms with E-state index in [2.05, 4.69) is 5.32 Å². The van der Waals surface area contributed by atoms with Crippen LogP contribution in [0.25, 0.3) is 0 Å². The van der Waals surface area contributed by atoms with Crippen LogP contribution in [-0.4, -0.2) is 19.2 Å². The van der Waals surface area contributed by atoms with E-state index in [0.717, 1.165) is 18.7 Å². The quantitative estimate of drug-likeness (QED) is 0.853. The molecule has 0 aromatic heterocycles. The molecule has 2 aromatic carbocycles. The molecule has 23 heavy (non-hydrogen) atoms. The SMILES string of the molecule is C[C@@H](Oc1ccc(Cl)cc1OC1CNC1)c1cccc(CF)c1. The highest BCUT2D eigenvalue weighted by Gasteiger charge is 2.21. The molecule has 1 saturated heterocycles. The predicted octanol–water partition coefficient (Wildman–Crippen LogP) is 4.30. The second-order valence-corrected chi connectivity index (χ2v) is 6.06. The number of nitrogens with one attached hydrogen (secondary N) is 1. The maximum absolute atomic E-state index is 12.8. The van der Waals surface area contributed by atoms with Gasteiger partial charge in [0.2, 0.25) is 0 Å². The molecule has 2 aromatic rings. The van der Waals surface area contributed by atoms with Crippen LogP contribution in [0.15, 0.2) is 42.5 Å². The number of alkyl halides is 1. The number of benzene rings is 2. The summed E-state index contributed by atoms with van der Waals surface area (Å²) in [6.07, 6.45) is -0.0782. The topological polar surface area (TPSA) is 30.5 Å². The van der Waals surface area contributed by atoms with Crippen LogP contribution >= 0.6 is 11.6 Å². The van der Waals surface area contributed by atoms with Crippen LogP contribution in [0, 0.1) is 0 Å². The Balaban J connectivity index is 1.77. The minimum Gasteiger partial charge on any atom is -0.484 e. The maximum atomic E-state index is 12.8. The third-order valence-electron chi connectivity index (χ3n) is 3.82. The average Bonchev–Trinajstić information content (AvgIpc) is 2.53. The van der Waals surface area contributed by atoms with E-state index >= 15 is 0 Å². The van der Waals surface area contributed by atoms with E-state index in [9.17, 15) is 4.39 Å². The van der Waals surface area contributed by atoms with Gasteiger partial charge in [0.05, 0.1) is 0 Å². The summed E-state index contributed by atoms with van der Waals surface area (Å²) in [5, 5.41) is 3.76. The Morgan fingerprint density at radius 1 is 1.22 bits per heavy atom. The summed E-state index contributed by atoms with van der Waals surface area (Å²) < 4.78 is 24.8. The molecule has 1 heterocycles. The van der Waals surface area contributed by atoms with Crippen molar-refractivity contribution in [3.8, 4) is 11.5 Å². The van der Waals surface area contributed by atoms with Crippen molar-refractivity contribution in [1.82, 2.24) is 5.32 Å². The first-order chi connectivity index (χ1) is 11.2. The van der Waals surface area contributed by atoms with E-state index in [-0.39, 0.29) is 12.2 Å². The van der Waals surface area contributed by atoms with E-state index < -0.39 is 6.67 Å². The fraction of sp³-hybridized carbons (Fsp3) is 0.333. The molecule has 1 N–H and O–H groups in total. The highest BCUT2D eigenvalue weighted by molar-refractivity contribution is 6.30. The third-order valence-corrected chi connectivity index (χ3v) is 4.06. The average molecular weight is 336 g/mol. The first kappa shape index (κ1) is 16.1. The molecule has 0 aliphatic carbocycles. The van der Waals surface area contributed by atoms with Gasteiger partial charge >= 0.3 is 0 Å². The third kappa shape index (κ3) is 3.95. The van der Waals surface area contributed by atoms with Gasteiger partial charge in [0.15, 0.2) is 11.5 Å². The molecule has 1 aliphatic heterocycles. The summed E-state index contributed by atoms with van der Waals surface area (Å²) in [7, 11) is 0. The van der Waals surface area contributed by atoms with Crippen LogP contribution in [0.1, 0.15) is 24.2 Å². The first-order valence-corrected chi connectivity index (χ1v) is 8.02. The van der Waals surface area contributed by atoms with Gasteiger partial charge in [-0.25, -0.2) is 4.39 Å². The molecular formula is C18H19ClFNO2. The van der Waals surface area contributed by atoms with E-state index in [1.165, 1.54) is 0 Å². The smallest absolute Gasteiger partial charge is 0.163 e. The summed E-state index contributed by atoms with van der Waals surface area (Å²) >= 11 is 6.06. The van der Waals surface area contributed by atoms with E-state index in [0.29, 0.717) is 22.1 Å². The van der Waals surface area contributed by atoms with Gasteiger partial charge in [-0.2, -0.15) is 0 Å². The standard InChI is InChI=1S/C18H19ClFNO2/c1-12(14-4-2-3-13(7-14)9-20)22-17-6-5-15(19)8-18(17)23-16-10-21-11-16/h2-8,12,16,21H,9-11H2,1H3/t12-/m1/s1. The van der Waals surface area contributed by atoms with Crippen molar-refractivity contribution in [2.45, 2.75) is 25.8 Å². The Bertz CT molecular complexity index is 676. The molecular weight excluding hydrogens is 317 g/mol. The highest BCUT2D eigenvalue weighted by Crippen LogP contribution is 2.34. The fourth-order valence-corrected chi connectivity index (χ4v) is 2.55. The van der Waals surface area contributed by atoms with Gasteiger partial charge < -0.3 is 14.8 Å². The number of hydrogen-bond acceptors (Lipinski definition) is 3. The molecule has 122 valence electrons. The van der Waals surface area contributed by atoms with Crippen molar-refractivity contribution in [3.05, 3.63) is 58.6 Å². The predicted molar refractivity (Wildman–Crippen MR) is 89.0 cm³/mol. The molecule has 0 radical (unpaired) electrons. The van der Waals surface area contributed by atoms with Crippen LogP contribution in [0.2, 0.25) is 5.02 Å². The van der Waals surface area contributed by atoms with Crippen molar-refractivity contribution in [2.24, 2.45) is 0 Å². The lowest BCUT2D eigenvalue weighted by Crippen LogP contribution is -2.50. The van der Waals surface area contributed by atoms with E-state index in [1.807, 2.05) is 25.1 Å². The van der Waals surface area contributed by atoms with Crippen LogP contribution in [0.5, 0.6) is 11.5 Å². The fourth-order valence-electron chi connectivity index (χ4n) is 2.38. The lowest BCUT2D eigenvalue weighted by molar-refractivity contribution is 0.129. The lowest BCUT2D eigenvalue weighted by Gasteiger charge is -2.29. The van der Waals surface area contributed by atoms with E-state index in [1.54, 1.807) is 24.3 Å². The normalized spacial score (nSPS) is 15.8. The van der Waals surface area contributed by atoms with Crippen LogP contribution in [0.3, 0.4) is 0 Å². The minimum atomic E-state index is -0.482. The molecule has 5 heteroatoms. The van der Waals surface area contributed by atoms with Gasteiger partial charge in [0.1, 0.15) is 18.9 Å². The molecule has 0 bridgehead atoms. The molecule has 0 saturated carbocycles. The van der Waals surface area contributed by atoms with Crippen molar-refractivity contribution in [3.63, 3.8) is 0 Å². The number of halogens is 2. The Morgan fingerprint density at radius 2 is 2.04 bits per heavy atom. The van der Waals surface area contributed by atoms with Gasteiger partial charge in [-0.15, -0.1) is 0 Å². The van der Waals surface area contributed by atoms with E-state index in [4.69, 9.17) is 21.1 Å².